The van der Waals surface area contributed by atoms with Gasteiger partial charge in [0.2, 0.25) is 0 Å². The molecule has 3 aromatic heterocycles. The second kappa shape index (κ2) is 4.39. The van der Waals surface area contributed by atoms with Crippen molar-refractivity contribution >= 4 is 11.0 Å². The van der Waals surface area contributed by atoms with E-state index in [2.05, 4.69) is 19.6 Å². The van der Waals surface area contributed by atoms with Crippen LogP contribution < -0.4 is 0 Å². The van der Waals surface area contributed by atoms with Crippen molar-refractivity contribution < 1.29 is 5.11 Å². The van der Waals surface area contributed by atoms with E-state index in [1.54, 1.807) is 4.68 Å². The lowest BCUT2D eigenvalue weighted by atomic mass is 10.1. The number of nitrogens with zero attached hydrogens (tertiary/aromatic N) is 5. The minimum atomic E-state index is -0.118. The van der Waals surface area contributed by atoms with Gasteiger partial charge in [-0.25, -0.2) is 9.97 Å². The van der Waals surface area contributed by atoms with Gasteiger partial charge in [0, 0.05) is 49.1 Å². The van der Waals surface area contributed by atoms with Crippen molar-refractivity contribution in [2.24, 2.45) is 14.1 Å². The summed E-state index contributed by atoms with van der Waals surface area (Å²) < 4.78 is 3.85. The van der Waals surface area contributed by atoms with E-state index < -0.39 is 0 Å². The minimum absolute atomic E-state index is 0.118. The fraction of sp³-hybridized carbons (Fsp3) is 0.400. The summed E-state index contributed by atoms with van der Waals surface area (Å²) in [7, 11) is 3.90. The van der Waals surface area contributed by atoms with Crippen LogP contribution in [0.5, 0.6) is 0 Å². The molecule has 0 aromatic carbocycles. The maximum absolute atomic E-state index is 9.63. The number of imidazole rings is 1. The van der Waals surface area contributed by atoms with Gasteiger partial charge < -0.3 is 9.67 Å². The van der Waals surface area contributed by atoms with Crippen LogP contribution in [0.3, 0.4) is 0 Å². The van der Waals surface area contributed by atoms with Crippen LogP contribution in [-0.2, 0) is 20.7 Å². The van der Waals surface area contributed by atoms with Crippen LogP contribution in [0.25, 0.3) is 22.4 Å². The zero-order valence-electron chi connectivity index (χ0n) is 12.1. The molecule has 0 saturated heterocycles. The summed E-state index contributed by atoms with van der Waals surface area (Å²) in [5.41, 5.74) is 3.42. The molecule has 3 aromatic rings. The first-order chi connectivity index (χ1) is 10.2. The normalized spacial score (nSPS) is 15.0. The van der Waals surface area contributed by atoms with Crippen molar-refractivity contribution in [3.05, 3.63) is 29.8 Å². The molecule has 4 rings (SSSR count). The molecule has 1 fully saturated rings. The van der Waals surface area contributed by atoms with Gasteiger partial charge in [-0.05, 0) is 18.9 Å². The number of fused-ring (bicyclic) bond motifs is 1. The fourth-order valence-corrected chi connectivity index (χ4v) is 2.86. The lowest BCUT2D eigenvalue weighted by molar-refractivity contribution is 0.277. The van der Waals surface area contributed by atoms with Crippen LogP contribution in [0.15, 0.2) is 18.5 Å². The molecule has 1 N–H and O–H groups in total. The molecule has 21 heavy (non-hydrogen) atoms. The smallest absolute Gasteiger partial charge is 0.181 e. The summed E-state index contributed by atoms with van der Waals surface area (Å²) >= 11 is 0. The minimum Gasteiger partial charge on any atom is -0.390 e. The highest BCUT2D eigenvalue weighted by Gasteiger charge is 2.28. The van der Waals surface area contributed by atoms with E-state index in [9.17, 15) is 5.11 Å². The molecular formula is C15H17N5O. The predicted molar refractivity (Wildman–Crippen MR) is 78.6 cm³/mol. The fourth-order valence-electron chi connectivity index (χ4n) is 2.86. The molecule has 6 heteroatoms. The molecule has 0 amide bonds. The van der Waals surface area contributed by atoms with Crippen LogP contribution in [0, 0.1) is 0 Å². The van der Waals surface area contributed by atoms with Crippen molar-refractivity contribution in [1.29, 1.82) is 0 Å². The summed E-state index contributed by atoms with van der Waals surface area (Å²) in [5, 5.41) is 14.9. The quantitative estimate of drug-likeness (QED) is 0.795. The van der Waals surface area contributed by atoms with Crippen molar-refractivity contribution in [3.8, 4) is 11.4 Å². The second-order valence-electron chi connectivity index (χ2n) is 5.70. The monoisotopic (exact) mass is 283 g/mol. The van der Waals surface area contributed by atoms with E-state index in [1.807, 2.05) is 32.6 Å². The summed E-state index contributed by atoms with van der Waals surface area (Å²) in [6, 6.07) is 2.01. The first-order valence-corrected chi connectivity index (χ1v) is 7.13. The van der Waals surface area contributed by atoms with Gasteiger partial charge in [0.25, 0.3) is 0 Å². The SMILES string of the molecule is Cn1cc2cc(-c3ncc(C4CC4)n3C)c(CO)nc2n1. The van der Waals surface area contributed by atoms with E-state index in [0.29, 0.717) is 17.3 Å². The van der Waals surface area contributed by atoms with Gasteiger partial charge in [-0.15, -0.1) is 0 Å². The van der Waals surface area contributed by atoms with Gasteiger partial charge in [-0.3, -0.25) is 4.68 Å². The first-order valence-electron chi connectivity index (χ1n) is 7.13. The average molecular weight is 283 g/mol. The molecular weight excluding hydrogens is 266 g/mol. The van der Waals surface area contributed by atoms with E-state index in [4.69, 9.17) is 0 Å². The molecule has 0 aliphatic heterocycles. The third-order valence-corrected chi connectivity index (χ3v) is 4.10. The largest absolute Gasteiger partial charge is 0.390 e. The summed E-state index contributed by atoms with van der Waals surface area (Å²) in [4.78, 5) is 9.02. The van der Waals surface area contributed by atoms with Crippen molar-refractivity contribution in [3.63, 3.8) is 0 Å². The number of aliphatic hydroxyl groups excluding tert-OH is 1. The zero-order valence-corrected chi connectivity index (χ0v) is 12.1. The second-order valence-corrected chi connectivity index (χ2v) is 5.70. The molecule has 0 spiro atoms. The predicted octanol–water partition coefficient (Wildman–Crippen LogP) is 1.74. The Kier molecular flexibility index (Phi) is 2.62. The van der Waals surface area contributed by atoms with Crippen LogP contribution in [-0.4, -0.2) is 29.4 Å². The third-order valence-electron chi connectivity index (χ3n) is 4.10. The molecule has 0 unspecified atom stereocenters. The number of aromatic nitrogens is 5. The molecule has 1 saturated carbocycles. The van der Waals surface area contributed by atoms with Gasteiger partial charge in [0.15, 0.2) is 5.65 Å². The van der Waals surface area contributed by atoms with Crippen molar-refractivity contribution in [2.75, 3.05) is 0 Å². The molecule has 3 heterocycles. The van der Waals surface area contributed by atoms with E-state index >= 15 is 0 Å². The highest BCUT2D eigenvalue weighted by molar-refractivity contribution is 5.80. The molecule has 6 nitrogen and oxygen atoms in total. The van der Waals surface area contributed by atoms with Crippen molar-refractivity contribution in [2.45, 2.75) is 25.4 Å². The highest BCUT2D eigenvalue weighted by Crippen LogP contribution is 2.41. The number of hydrogen-bond acceptors (Lipinski definition) is 4. The molecule has 0 radical (unpaired) electrons. The Morgan fingerprint density at radius 1 is 1.33 bits per heavy atom. The van der Waals surface area contributed by atoms with Gasteiger partial charge in [-0.1, -0.05) is 0 Å². The molecule has 1 aliphatic rings. The van der Waals surface area contributed by atoms with Gasteiger partial charge in [0.05, 0.1) is 12.3 Å². The lowest BCUT2D eigenvalue weighted by Gasteiger charge is -2.08. The highest BCUT2D eigenvalue weighted by atomic mass is 16.3. The number of hydrogen-bond donors (Lipinski definition) is 1. The molecule has 108 valence electrons. The summed E-state index contributed by atoms with van der Waals surface area (Å²) in [6.45, 7) is -0.118. The third kappa shape index (κ3) is 1.94. The Hall–Kier alpha value is -2.21. The maximum atomic E-state index is 9.63. The van der Waals surface area contributed by atoms with Crippen LogP contribution in [0.2, 0.25) is 0 Å². The van der Waals surface area contributed by atoms with Crippen molar-refractivity contribution in [1.82, 2.24) is 24.3 Å². The standard InChI is InChI=1S/C15H17N5O/c1-19-7-10-5-11(12(8-21)17-14(10)18-19)15-16-6-13(20(15)2)9-3-4-9/h5-7,9,21H,3-4,8H2,1-2H3. The average Bonchev–Trinajstić information content (AvgIpc) is 3.14. The number of rotatable bonds is 3. The molecule has 1 aliphatic carbocycles. The van der Waals surface area contributed by atoms with Gasteiger partial charge >= 0.3 is 0 Å². The van der Waals surface area contributed by atoms with Gasteiger partial charge in [0.1, 0.15) is 5.82 Å². The molecule has 0 atom stereocenters. The van der Waals surface area contributed by atoms with E-state index in [0.717, 1.165) is 16.8 Å². The Morgan fingerprint density at radius 3 is 2.86 bits per heavy atom. The Labute approximate surface area is 122 Å². The Morgan fingerprint density at radius 2 is 2.14 bits per heavy atom. The number of aryl methyl sites for hydroxylation is 1. The zero-order chi connectivity index (χ0) is 14.6. The maximum Gasteiger partial charge on any atom is 0.181 e. The van der Waals surface area contributed by atoms with E-state index in [-0.39, 0.29) is 6.61 Å². The number of pyridine rings is 1. The number of aliphatic hydroxyl groups is 1. The van der Waals surface area contributed by atoms with Crippen LogP contribution >= 0.6 is 0 Å². The van der Waals surface area contributed by atoms with E-state index in [1.165, 1.54) is 18.5 Å². The Balaban J connectivity index is 1.91. The Bertz CT molecular complexity index is 828. The van der Waals surface area contributed by atoms with Crippen LogP contribution in [0.1, 0.15) is 30.1 Å². The topological polar surface area (TPSA) is 68.8 Å². The molecule has 0 bridgehead atoms. The van der Waals surface area contributed by atoms with Crippen LogP contribution in [0.4, 0.5) is 0 Å². The first kappa shape index (κ1) is 12.5. The summed E-state index contributed by atoms with van der Waals surface area (Å²) in [6.07, 6.45) is 6.36. The summed E-state index contributed by atoms with van der Waals surface area (Å²) in [5.74, 6) is 1.50. The lowest BCUT2D eigenvalue weighted by Crippen LogP contribution is -2.02. The van der Waals surface area contributed by atoms with Gasteiger partial charge in [-0.2, -0.15) is 5.10 Å².